The van der Waals surface area contributed by atoms with Crippen molar-refractivity contribution in [2.24, 2.45) is 0 Å². The molecule has 0 aromatic carbocycles. The van der Waals surface area contributed by atoms with Crippen LogP contribution in [0.15, 0.2) is 6.07 Å². The molecule has 0 fully saturated rings. The lowest BCUT2D eigenvalue weighted by atomic mass is 10.4. The number of alkyl halides is 5. The van der Waals surface area contributed by atoms with Crippen LogP contribution >= 0.6 is 0 Å². The summed E-state index contributed by atoms with van der Waals surface area (Å²) in [6.07, 6.45) is -7.25. The maximum Gasteiger partial charge on any atom is 0.451 e. The molecule has 2 N–H and O–H groups in total. The monoisotopic (exact) mass is 314 g/mol. The number of nitrogens with one attached hydrogen (secondary N) is 2. The number of hydrogen-bond donors (Lipinski definition) is 2. The molecule has 0 radical (unpaired) electrons. The molecule has 10 heteroatoms. The van der Waals surface area contributed by atoms with E-state index in [1.54, 1.807) is 6.92 Å². The van der Waals surface area contributed by atoms with Gasteiger partial charge in [-0.3, -0.25) is 0 Å². The number of halogens is 5. The Morgan fingerprint density at radius 2 is 1.81 bits per heavy atom. The quantitative estimate of drug-likeness (QED) is 0.570. The summed E-state index contributed by atoms with van der Waals surface area (Å²) >= 11 is 0. The third kappa shape index (κ3) is 6.52. The molecule has 1 heterocycles. The average molecular weight is 314 g/mol. The number of anilines is 2. The van der Waals surface area contributed by atoms with Crippen LogP contribution in [-0.4, -0.2) is 42.7 Å². The fourth-order valence-corrected chi connectivity index (χ4v) is 1.36. The van der Waals surface area contributed by atoms with Gasteiger partial charge in [0.25, 0.3) is 6.43 Å². The van der Waals surface area contributed by atoms with Gasteiger partial charge in [-0.1, -0.05) is 0 Å². The molecule has 120 valence electrons. The van der Waals surface area contributed by atoms with Crippen molar-refractivity contribution in [3.05, 3.63) is 11.9 Å². The van der Waals surface area contributed by atoms with Gasteiger partial charge in [0.15, 0.2) is 0 Å². The van der Waals surface area contributed by atoms with E-state index >= 15 is 0 Å². The molecule has 0 spiro atoms. The molecule has 0 bridgehead atoms. The van der Waals surface area contributed by atoms with E-state index < -0.39 is 25.0 Å². The van der Waals surface area contributed by atoms with Crippen LogP contribution in [0.3, 0.4) is 0 Å². The molecule has 1 aromatic heterocycles. The Morgan fingerprint density at radius 1 is 1.19 bits per heavy atom. The highest BCUT2D eigenvalue weighted by Crippen LogP contribution is 2.28. The molecular formula is C11H15F5N4O. The lowest BCUT2D eigenvalue weighted by Crippen LogP contribution is -2.17. The van der Waals surface area contributed by atoms with Gasteiger partial charge in [-0.2, -0.15) is 13.2 Å². The summed E-state index contributed by atoms with van der Waals surface area (Å²) in [4.78, 5) is 6.67. The van der Waals surface area contributed by atoms with Gasteiger partial charge in [-0.15, -0.1) is 0 Å². The highest BCUT2D eigenvalue weighted by molar-refractivity contribution is 5.47. The van der Waals surface area contributed by atoms with Crippen molar-refractivity contribution in [1.82, 2.24) is 9.97 Å². The largest absolute Gasteiger partial charge is 0.451 e. The Bertz CT molecular complexity index is 441. The van der Waals surface area contributed by atoms with Crippen LogP contribution in [0, 0.1) is 0 Å². The number of aromatic nitrogens is 2. The van der Waals surface area contributed by atoms with E-state index in [4.69, 9.17) is 0 Å². The van der Waals surface area contributed by atoms with E-state index in [-0.39, 0.29) is 24.8 Å². The lowest BCUT2D eigenvalue weighted by Gasteiger charge is -2.12. The average Bonchev–Trinajstić information content (AvgIpc) is 2.37. The maximum atomic E-state index is 12.6. The predicted molar refractivity (Wildman–Crippen MR) is 66.5 cm³/mol. The standard InChI is InChI=1S/C11H15F5N4O/c1-2-17-8-5-9(18-3-4-21-6-7(12)13)20-10(19-8)11(14,15)16/h5,7H,2-4,6H2,1H3,(H2,17,18,19,20). The zero-order valence-corrected chi connectivity index (χ0v) is 11.2. The third-order valence-electron chi connectivity index (χ3n) is 2.13. The smallest absolute Gasteiger partial charge is 0.374 e. The van der Waals surface area contributed by atoms with E-state index in [1.807, 2.05) is 0 Å². The van der Waals surface area contributed by atoms with Gasteiger partial charge in [0.05, 0.1) is 6.61 Å². The summed E-state index contributed by atoms with van der Waals surface area (Å²) in [6, 6.07) is 1.30. The number of hydrogen-bond acceptors (Lipinski definition) is 5. The number of rotatable bonds is 8. The molecule has 21 heavy (non-hydrogen) atoms. The van der Waals surface area contributed by atoms with E-state index in [2.05, 4.69) is 25.3 Å². The Balaban J connectivity index is 2.65. The summed E-state index contributed by atoms with van der Waals surface area (Å²) in [5.74, 6) is -1.32. The topological polar surface area (TPSA) is 59.1 Å². The second kappa shape index (κ2) is 7.91. The summed E-state index contributed by atoms with van der Waals surface area (Å²) < 4.78 is 66.1. The van der Waals surface area contributed by atoms with Crippen molar-refractivity contribution >= 4 is 11.6 Å². The van der Waals surface area contributed by atoms with E-state index in [1.165, 1.54) is 6.07 Å². The fourth-order valence-electron chi connectivity index (χ4n) is 1.36. The molecule has 0 saturated heterocycles. The first kappa shape index (κ1) is 17.3. The van der Waals surface area contributed by atoms with Crippen LogP contribution in [0.2, 0.25) is 0 Å². The molecular weight excluding hydrogens is 299 g/mol. The first-order valence-electron chi connectivity index (χ1n) is 6.12. The van der Waals surface area contributed by atoms with Crippen molar-refractivity contribution in [3.8, 4) is 0 Å². The molecule has 0 unspecified atom stereocenters. The van der Waals surface area contributed by atoms with Crippen LogP contribution in [0.5, 0.6) is 0 Å². The first-order chi connectivity index (χ1) is 9.82. The van der Waals surface area contributed by atoms with Crippen molar-refractivity contribution in [2.45, 2.75) is 19.5 Å². The Labute approximate surface area is 117 Å². The van der Waals surface area contributed by atoms with Crippen molar-refractivity contribution < 1.29 is 26.7 Å². The van der Waals surface area contributed by atoms with E-state index in [0.29, 0.717) is 6.54 Å². The zero-order valence-electron chi connectivity index (χ0n) is 11.2. The molecule has 1 rings (SSSR count). The highest BCUT2D eigenvalue weighted by Gasteiger charge is 2.35. The molecule has 0 amide bonds. The Hall–Kier alpha value is -1.71. The molecule has 1 aromatic rings. The van der Waals surface area contributed by atoms with Gasteiger partial charge < -0.3 is 15.4 Å². The van der Waals surface area contributed by atoms with Gasteiger partial charge in [0.1, 0.15) is 18.2 Å². The first-order valence-corrected chi connectivity index (χ1v) is 6.12. The second-order valence-electron chi connectivity index (χ2n) is 3.88. The van der Waals surface area contributed by atoms with Crippen molar-refractivity contribution in [3.63, 3.8) is 0 Å². The lowest BCUT2D eigenvalue weighted by molar-refractivity contribution is -0.144. The number of nitrogens with zero attached hydrogens (tertiary/aromatic N) is 2. The second-order valence-corrected chi connectivity index (χ2v) is 3.88. The Kier molecular flexibility index (Phi) is 6.53. The Morgan fingerprint density at radius 3 is 2.33 bits per heavy atom. The van der Waals surface area contributed by atoms with Crippen molar-refractivity contribution in [1.29, 1.82) is 0 Å². The molecule has 0 saturated carbocycles. The predicted octanol–water partition coefficient (Wildman–Crippen LogP) is 2.62. The SMILES string of the molecule is CCNc1cc(NCCOCC(F)F)nc(C(F)(F)F)n1. The molecule has 0 atom stereocenters. The van der Waals surface area contributed by atoms with Crippen LogP contribution in [0.25, 0.3) is 0 Å². The van der Waals surface area contributed by atoms with E-state index in [9.17, 15) is 22.0 Å². The van der Waals surface area contributed by atoms with Gasteiger partial charge in [0, 0.05) is 19.2 Å². The van der Waals surface area contributed by atoms with E-state index in [0.717, 1.165) is 0 Å². The third-order valence-corrected chi connectivity index (χ3v) is 2.13. The van der Waals surface area contributed by atoms with Crippen molar-refractivity contribution in [2.75, 3.05) is 36.9 Å². The minimum atomic E-state index is -4.67. The maximum absolute atomic E-state index is 12.6. The molecule has 0 aliphatic heterocycles. The zero-order chi connectivity index (χ0) is 15.9. The van der Waals surface area contributed by atoms with Gasteiger partial charge >= 0.3 is 6.18 Å². The number of ether oxygens (including phenoxy) is 1. The molecule has 0 aliphatic carbocycles. The summed E-state index contributed by atoms with van der Waals surface area (Å²) in [5, 5.41) is 5.22. The van der Waals surface area contributed by atoms with Gasteiger partial charge in [0.2, 0.25) is 5.82 Å². The normalized spacial score (nSPS) is 11.8. The molecule has 0 aliphatic rings. The van der Waals surface area contributed by atoms with Crippen LogP contribution in [-0.2, 0) is 10.9 Å². The fraction of sp³-hybridized carbons (Fsp3) is 0.636. The summed E-state index contributed by atoms with van der Waals surface area (Å²) in [5.41, 5.74) is 0. The summed E-state index contributed by atoms with van der Waals surface area (Å²) in [6.45, 7) is 1.35. The van der Waals surface area contributed by atoms with Crippen LogP contribution < -0.4 is 10.6 Å². The summed E-state index contributed by atoms with van der Waals surface area (Å²) in [7, 11) is 0. The minimum absolute atomic E-state index is 0.0239. The van der Waals surface area contributed by atoms with Crippen LogP contribution in [0.4, 0.5) is 33.6 Å². The minimum Gasteiger partial charge on any atom is -0.374 e. The highest BCUT2D eigenvalue weighted by atomic mass is 19.4. The van der Waals surface area contributed by atoms with Gasteiger partial charge in [-0.05, 0) is 6.92 Å². The van der Waals surface area contributed by atoms with Crippen LogP contribution in [0.1, 0.15) is 12.7 Å². The molecule has 5 nitrogen and oxygen atoms in total. The van der Waals surface area contributed by atoms with Gasteiger partial charge in [-0.25, -0.2) is 18.7 Å².